The SMILES string of the molecule is Cc1cc(OCCSc2nnc(-c3cccc(Br)c3)o2)ccc1C(C)C. The second kappa shape index (κ2) is 8.73. The Hall–Kier alpha value is -1.79. The van der Waals surface area contributed by atoms with Gasteiger partial charge in [-0.1, -0.05) is 53.7 Å². The van der Waals surface area contributed by atoms with Gasteiger partial charge in [-0.3, -0.25) is 0 Å². The molecule has 0 spiro atoms. The van der Waals surface area contributed by atoms with Gasteiger partial charge in [-0.2, -0.15) is 0 Å². The molecule has 26 heavy (non-hydrogen) atoms. The van der Waals surface area contributed by atoms with Crippen LogP contribution in [0.2, 0.25) is 0 Å². The molecular formula is C20H21BrN2O2S. The second-order valence-electron chi connectivity index (χ2n) is 6.25. The fourth-order valence-electron chi connectivity index (χ4n) is 2.68. The summed E-state index contributed by atoms with van der Waals surface area (Å²) in [5.41, 5.74) is 3.52. The van der Waals surface area contributed by atoms with Gasteiger partial charge in [0.15, 0.2) is 0 Å². The van der Waals surface area contributed by atoms with Crippen molar-refractivity contribution in [3.63, 3.8) is 0 Å². The lowest BCUT2D eigenvalue weighted by atomic mass is 9.98. The normalized spacial score (nSPS) is 11.1. The molecule has 0 radical (unpaired) electrons. The first-order valence-electron chi connectivity index (χ1n) is 8.48. The van der Waals surface area contributed by atoms with E-state index in [9.17, 15) is 0 Å². The van der Waals surface area contributed by atoms with Gasteiger partial charge in [0.1, 0.15) is 5.75 Å². The summed E-state index contributed by atoms with van der Waals surface area (Å²) in [5, 5.41) is 8.74. The minimum absolute atomic E-state index is 0.523. The monoisotopic (exact) mass is 432 g/mol. The number of benzene rings is 2. The Morgan fingerprint density at radius 1 is 1.15 bits per heavy atom. The number of aryl methyl sites for hydroxylation is 1. The first kappa shape index (κ1) is 19.0. The molecule has 3 rings (SSSR count). The number of thioether (sulfide) groups is 1. The Balaban J connectivity index is 1.51. The molecule has 0 saturated carbocycles. The molecule has 0 aliphatic heterocycles. The Bertz CT molecular complexity index is 880. The zero-order chi connectivity index (χ0) is 18.5. The van der Waals surface area contributed by atoms with Gasteiger partial charge in [0.25, 0.3) is 5.22 Å². The van der Waals surface area contributed by atoms with E-state index in [1.54, 1.807) is 0 Å². The van der Waals surface area contributed by atoms with Crippen molar-refractivity contribution < 1.29 is 9.15 Å². The zero-order valence-electron chi connectivity index (χ0n) is 15.0. The topological polar surface area (TPSA) is 48.2 Å². The lowest BCUT2D eigenvalue weighted by molar-refractivity contribution is 0.343. The number of rotatable bonds is 7. The summed E-state index contributed by atoms with van der Waals surface area (Å²) in [6, 6.07) is 14.1. The van der Waals surface area contributed by atoms with Gasteiger partial charge >= 0.3 is 0 Å². The van der Waals surface area contributed by atoms with Crippen LogP contribution in [0.3, 0.4) is 0 Å². The Morgan fingerprint density at radius 3 is 2.73 bits per heavy atom. The minimum atomic E-state index is 0.523. The molecule has 0 aliphatic rings. The predicted molar refractivity (Wildman–Crippen MR) is 109 cm³/mol. The van der Waals surface area contributed by atoms with E-state index in [0.29, 0.717) is 23.6 Å². The maximum absolute atomic E-state index is 5.83. The number of aromatic nitrogens is 2. The third-order valence-corrected chi connectivity index (χ3v) is 5.19. The van der Waals surface area contributed by atoms with Gasteiger partial charge in [-0.15, -0.1) is 10.2 Å². The minimum Gasteiger partial charge on any atom is -0.493 e. The van der Waals surface area contributed by atoms with E-state index in [4.69, 9.17) is 9.15 Å². The summed E-state index contributed by atoms with van der Waals surface area (Å²) in [4.78, 5) is 0. The summed E-state index contributed by atoms with van der Waals surface area (Å²) in [6.07, 6.45) is 0. The van der Waals surface area contributed by atoms with Crippen molar-refractivity contribution in [2.45, 2.75) is 31.9 Å². The average Bonchev–Trinajstić information content (AvgIpc) is 3.07. The van der Waals surface area contributed by atoms with Crippen molar-refractivity contribution in [3.8, 4) is 17.2 Å². The van der Waals surface area contributed by atoms with Crippen LogP contribution in [0.5, 0.6) is 5.75 Å². The molecule has 0 aliphatic carbocycles. The van der Waals surface area contributed by atoms with Gasteiger partial charge in [-0.05, 0) is 54.3 Å². The van der Waals surface area contributed by atoms with Crippen molar-refractivity contribution in [1.82, 2.24) is 10.2 Å². The van der Waals surface area contributed by atoms with E-state index in [0.717, 1.165) is 21.5 Å². The van der Waals surface area contributed by atoms with Gasteiger partial charge < -0.3 is 9.15 Å². The molecule has 4 nitrogen and oxygen atoms in total. The lowest BCUT2D eigenvalue weighted by Crippen LogP contribution is -2.01. The Labute approximate surface area is 166 Å². The van der Waals surface area contributed by atoms with Gasteiger partial charge in [0.05, 0.1) is 6.61 Å². The van der Waals surface area contributed by atoms with Crippen LogP contribution in [0.25, 0.3) is 11.5 Å². The predicted octanol–water partition coefficient (Wildman–Crippen LogP) is 6.10. The van der Waals surface area contributed by atoms with Crippen LogP contribution in [0.15, 0.2) is 56.6 Å². The van der Waals surface area contributed by atoms with E-state index in [2.05, 4.69) is 59.0 Å². The van der Waals surface area contributed by atoms with Crippen LogP contribution >= 0.6 is 27.7 Å². The second-order valence-corrected chi connectivity index (χ2v) is 8.22. The summed E-state index contributed by atoms with van der Waals surface area (Å²) in [5.74, 6) is 2.68. The maximum Gasteiger partial charge on any atom is 0.276 e. The molecule has 0 N–H and O–H groups in total. The summed E-state index contributed by atoms with van der Waals surface area (Å²) in [7, 11) is 0. The average molecular weight is 433 g/mol. The van der Waals surface area contributed by atoms with Crippen molar-refractivity contribution in [1.29, 1.82) is 0 Å². The molecule has 2 aromatic carbocycles. The van der Waals surface area contributed by atoms with Gasteiger partial charge in [0, 0.05) is 15.8 Å². The summed E-state index contributed by atoms with van der Waals surface area (Å²) in [6.45, 7) is 7.11. The highest BCUT2D eigenvalue weighted by Crippen LogP contribution is 2.26. The molecular weight excluding hydrogens is 412 g/mol. The highest BCUT2D eigenvalue weighted by molar-refractivity contribution is 9.10. The van der Waals surface area contributed by atoms with E-state index >= 15 is 0 Å². The summed E-state index contributed by atoms with van der Waals surface area (Å²) < 4.78 is 12.5. The molecule has 0 atom stereocenters. The number of ether oxygens (including phenoxy) is 1. The highest BCUT2D eigenvalue weighted by atomic mass is 79.9. The fraction of sp³-hybridized carbons (Fsp3) is 0.300. The zero-order valence-corrected chi connectivity index (χ0v) is 17.4. The van der Waals surface area contributed by atoms with Crippen LogP contribution in [0, 0.1) is 6.92 Å². The van der Waals surface area contributed by atoms with Crippen molar-refractivity contribution in [3.05, 3.63) is 58.1 Å². The summed E-state index contributed by atoms with van der Waals surface area (Å²) >= 11 is 4.94. The van der Waals surface area contributed by atoms with Gasteiger partial charge in [0.2, 0.25) is 5.89 Å². The van der Waals surface area contributed by atoms with Crippen LogP contribution in [0.4, 0.5) is 0 Å². The lowest BCUT2D eigenvalue weighted by Gasteiger charge is -2.12. The molecule has 0 amide bonds. The molecule has 0 bridgehead atoms. The quantitative estimate of drug-likeness (QED) is 0.333. The molecule has 3 aromatic rings. The first-order valence-corrected chi connectivity index (χ1v) is 10.3. The molecule has 6 heteroatoms. The van der Waals surface area contributed by atoms with Crippen molar-refractivity contribution >= 4 is 27.7 Å². The Morgan fingerprint density at radius 2 is 2.00 bits per heavy atom. The third kappa shape index (κ3) is 4.89. The van der Waals surface area contributed by atoms with E-state index < -0.39 is 0 Å². The highest BCUT2D eigenvalue weighted by Gasteiger charge is 2.10. The van der Waals surface area contributed by atoms with E-state index in [1.165, 1.54) is 22.9 Å². The Kier molecular flexibility index (Phi) is 6.38. The third-order valence-electron chi connectivity index (χ3n) is 3.92. The van der Waals surface area contributed by atoms with Crippen LogP contribution in [0.1, 0.15) is 30.9 Å². The van der Waals surface area contributed by atoms with Crippen LogP contribution < -0.4 is 4.74 Å². The van der Waals surface area contributed by atoms with E-state index in [1.807, 2.05) is 30.3 Å². The molecule has 0 saturated heterocycles. The molecule has 0 unspecified atom stereocenters. The number of hydrogen-bond donors (Lipinski definition) is 0. The van der Waals surface area contributed by atoms with Crippen molar-refractivity contribution in [2.24, 2.45) is 0 Å². The van der Waals surface area contributed by atoms with Crippen LogP contribution in [-0.4, -0.2) is 22.6 Å². The molecule has 1 heterocycles. The molecule has 1 aromatic heterocycles. The fourth-order valence-corrected chi connectivity index (χ4v) is 3.66. The van der Waals surface area contributed by atoms with Crippen LogP contribution in [-0.2, 0) is 0 Å². The standard InChI is InChI=1S/C20H21BrN2O2S/c1-13(2)18-8-7-17(11-14(18)3)24-9-10-26-20-23-22-19(25-20)15-5-4-6-16(21)12-15/h4-8,11-13H,9-10H2,1-3H3. The smallest absolute Gasteiger partial charge is 0.276 e. The first-order chi connectivity index (χ1) is 12.5. The number of halogens is 1. The van der Waals surface area contributed by atoms with Gasteiger partial charge in [-0.25, -0.2) is 0 Å². The number of nitrogens with zero attached hydrogens (tertiary/aromatic N) is 2. The number of hydrogen-bond acceptors (Lipinski definition) is 5. The largest absolute Gasteiger partial charge is 0.493 e. The maximum atomic E-state index is 5.83. The molecule has 136 valence electrons. The molecule has 0 fully saturated rings. The van der Waals surface area contributed by atoms with Crippen molar-refractivity contribution in [2.75, 3.05) is 12.4 Å². The van der Waals surface area contributed by atoms with E-state index in [-0.39, 0.29) is 0 Å².